The summed E-state index contributed by atoms with van der Waals surface area (Å²) in [4.78, 5) is 14.9. The maximum atomic E-state index is 13.1. The summed E-state index contributed by atoms with van der Waals surface area (Å²) in [6, 6.07) is 12.6. The van der Waals surface area contributed by atoms with E-state index in [1.165, 1.54) is 12.1 Å². The Morgan fingerprint density at radius 3 is 2.74 bits per heavy atom. The molecule has 202 valence electrons. The van der Waals surface area contributed by atoms with Crippen molar-refractivity contribution in [2.45, 2.75) is 56.0 Å². The number of nitrogens with zero attached hydrogens (tertiary/aromatic N) is 4. The minimum atomic E-state index is -4.45. The molecule has 0 spiro atoms. The maximum absolute atomic E-state index is 13.1. The van der Waals surface area contributed by atoms with E-state index >= 15 is 0 Å². The number of nitrogens with one attached hydrogen (secondary N) is 1. The van der Waals surface area contributed by atoms with E-state index in [2.05, 4.69) is 27.5 Å². The smallest absolute Gasteiger partial charge is 0.416 e. The summed E-state index contributed by atoms with van der Waals surface area (Å²) >= 11 is 0. The van der Waals surface area contributed by atoms with Crippen molar-refractivity contribution in [2.24, 2.45) is 5.73 Å². The molecule has 0 radical (unpaired) electrons. The van der Waals surface area contributed by atoms with E-state index in [0.717, 1.165) is 23.3 Å². The number of amides is 1. The van der Waals surface area contributed by atoms with E-state index in [-0.39, 0.29) is 23.9 Å². The van der Waals surface area contributed by atoms with Crippen LogP contribution in [0.2, 0.25) is 0 Å². The molecule has 12 heteroatoms. The highest BCUT2D eigenvalue weighted by atomic mass is 19.4. The molecular formula is C26H29F3N6O3. The van der Waals surface area contributed by atoms with E-state index in [0.29, 0.717) is 44.8 Å². The van der Waals surface area contributed by atoms with Gasteiger partial charge < -0.3 is 15.2 Å². The van der Waals surface area contributed by atoms with Gasteiger partial charge in [-0.1, -0.05) is 37.3 Å². The average molecular weight is 531 g/mol. The van der Waals surface area contributed by atoms with Crippen LogP contribution in [0.15, 0.2) is 48.5 Å². The number of hydrogen-bond acceptors (Lipinski definition) is 7. The van der Waals surface area contributed by atoms with Crippen molar-refractivity contribution in [3.8, 4) is 17.1 Å². The Morgan fingerprint density at radius 2 is 2.05 bits per heavy atom. The molecule has 9 nitrogen and oxygen atoms in total. The Labute approximate surface area is 217 Å². The first kappa shape index (κ1) is 26.1. The normalized spacial score (nSPS) is 25.3. The second kappa shape index (κ2) is 10.3. The van der Waals surface area contributed by atoms with Crippen LogP contribution in [0.5, 0.6) is 5.75 Å². The van der Waals surface area contributed by atoms with Gasteiger partial charge in [-0.3, -0.25) is 9.69 Å². The van der Waals surface area contributed by atoms with Crippen molar-refractivity contribution in [1.29, 1.82) is 0 Å². The number of halogens is 3. The van der Waals surface area contributed by atoms with Crippen molar-refractivity contribution < 1.29 is 27.4 Å². The molecule has 3 heterocycles. The summed E-state index contributed by atoms with van der Waals surface area (Å²) in [6.45, 7) is 3.36. The van der Waals surface area contributed by atoms with Crippen LogP contribution in [0.1, 0.15) is 43.2 Å². The number of ether oxygens (including phenoxy) is 2. The molecule has 0 bridgehead atoms. The molecule has 1 aromatic heterocycles. The fourth-order valence-electron chi connectivity index (χ4n) is 5.45. The zero-order valence-corrected chi connectivity index (χ0v) is 20.8. The molecule has 2 fully saturated rings. The summed E-state index contributed by atoms with van der Waals surface area (Å²) < 4.78 is 51.3. The number of primary amides is 1. The molecule has 4 atom stereocenters. The van der Waals surface area contributed by atoms with Crippen LogP contribution in [0.3, 0.4) is 0 Å². The van der Waals surface area contributed by atoms with Crippen LogP contribution < -0.4 is 10.5 Å². The Kier molecular flexibility index (Phi) is 7.10. The predicted molar refractivity (Wildman–Crippen MR) is 131 cm³/mol. The summed E-state index contributed by atoms with van der Waals surface area (Å²) in [5.41, 5.74) is 6.18. The zero-order valence-electron chi connectivity index (χ0n) is 20.8. The van der Waals surface area contributed by atoms with Crippen molar-refractivity contribution in [3.63, 3.8) is 0 Å². The first-order valence-electron chi connectivity index (χ1n) is 12.5. The number of carbonyl (C=O) groups is 1. The van der Waals surface area contributed by atoms with Crippen LogP contribution in [0.4, 0.5) is 13.2 Å². The standard InChI is InChI=1S/C26H29F3N6O3/c1-16(17-5-7-18(8-6-17)23-31-33-34-32-23)22-14-25(24(30)36,10-12-37-22)35-11-9-21(15-35)38-20-4-2-3-19(13-20)26(27,28)29/h2-8,13,16,21-22H,9-12,14-15H2,1H3,(H2,30,36)(H,31,32,33,34)/t16-,21+,22?,25?/m0/s1. The number of rotatable bonds is 7. The summed E-state index contributed by atoms with van der Waals surface area (Å²) in [6.07, 6.45) is -3.63. The van der Waals surface area contributed by atoms with Gasteiger partial charge in [0.2, 0.25) is 11.7 Å². The first-order valence-corrected chi connectivity index (χ1v) is 12.5. The molecule has 3 aromatic rings. The Balaban J connectivity index is 1.28. The molecule has 2 aliphatic rings. The van der Waals surface area contributed by atoms with Gasteiger partial charge in [-0.05, 0) is 41.8 Å². The molecule has 3 N–H and O–H groups in total. The minimum absolute atomic E-state index is 0.0203. The molecule has 2 saturated heterocycles. The molecule has 1 amide bonds. The number of tetrazole rings is 1. The number of nitrogens with two attached hydrogens (primary N) is 1. The van der Waals surface area contributed by atoms with Gasteiger partial charge in [0, 0.05) is 37.6 Å². The number of aromatic nitrogens is 4. The van der Waals surface area contributed by atoms with Gasteiger partial charge in [0.1, 0.15) is 17.4 Å². The third-order valence-corrected chi connectivity index (χ3v) is 7.66. The largest absolute Gasteiger partial charge is 0.489 e. The first-order chi connectivity index (χ1) is 18.2. The number of benzene rings is 2. The monoisotopic (exact) mass is 530 g/mol. The minimum Gasteiger partial charge on any atom is -0.489 e. The third kappa shape index (κ3) is 5.23. The lowest BCUT2D eigenvalue weighted by Gasteiger charge is -2.46. The fraction of sp³-hybridized carbons (Fsp3) is 0.462. The number of aromatic amines is 1. The summed E-state index contributed by atoms with van der Waals surface area (Å²) in [7, 11) is 0. The molecule has 0 aliphatic carbocycles. The lowest BCUT2D eigenvalue weighted by atomic mass is 9.79. The molecular weight excluding hydrogens is 501 g/mol. The fourth-order valence-corrected chi connectivity index (χ4v) is 5.45. The molecule has 0 saturated carbocycles. The SMILES string of the molecule is C[C@@H](c1ccc(-c2nn[nH]n2)cc1)C1CC(C(N)=O)(N2CC[C@@H](Oc3cccc(C(F)(F)F)c3)C2)CCO1. The van der Waals surface area contributed by atoms with Crippen LogP contribution in [-0.2, 0) is 15.7 Å². The van der Waals surface area contributed by atoms with Gasteiger partial charge in [-0.2, -0.15) is 18.4 Å². The lowest BCUT2D eigenvalue weighted by Crippen LogP contribution is -2.61. The number of carbonyl (C=O) groups excluding carboxylic acids is 1. The summed E-state index contributed by atoms with van der Waals surface area (Å²) in [5.74, 6) is 0.211. The van der Waals surface area contributed by atoms with Crippen molar-refractivity contribution in [2.75, 3.05) is 19.7 Å². The van der Waals surface area contributed by atoms with Gasteiger partial charge in [-0.15, -0.1) is 10.2 Å². The van der Waals surface area contributed by atoms with Crippen LogP contribution >= 0.6 is 0 Å². The van der Waals surface area contributed by atoms with Crippen molar-refractivity contribution in [3.05, 3.63) is 59.7 Å². The molecule has 2 unspecified atom stereocenters. The molecule has 2 aliphatic heterocycles. The van der Waals surface area contributed by atoms with Gasteiger partial charge in [0.05, 0.1) is 11.7 Å². The van der Waals surface area contributed by atoms with Gasteiger partial charge in [-0.25, -0.2) is 0 Å². The average Bonchev–Trinajstić information content (AvgIpc) is 3.61. The lowest BCUT2D eigenvalue weighted by molar-refractivity contribution is -0.142. The van der Waals surface area contributed by atoms with E-state index in [1.54, 1.807) is 0 Å². The zero-order chi connectivity index (χ0) is 26.9. The van der Waals surface area contributed by atoms with Gasteiger partial charge in [0.25, 0.3) is 0 Å². The second-order valence-electron chi connectivity index (χ2n) is 9.91. The Morgan fingerprint density at radius 1 is 1.26 bits per heavy atom. The van der Waals surface area contributed by atoms with Gasteiger partial charge >= 0.3 is 6.18 Å². The molecule has 38 heavy (non-hydrogen) atoms. The van der Waals surface area contributed by atoms with Crippen LogP contribution in [0, 0.1) is 0 Å². The van der Waals surface area contributed by atoms with E-state index in [9.17, 15) is 18.0 Å². The highest BCUT2D eigenvalue weighted by Crippen LogP contribution is 2.39. The van der Waals surface area contributed by atoms with E-state index in [4.69, 9.17) is 15.2 Å². The topological polar surface area (TPSA) is 119 Å². The summed E-state index contributed by atoms with van der Waals surface area (Å²) in [5, 5.41) is 14.0. The molecule has 2 aromatic carbocycles. The maximum Gasteiger partial charge on any atom is 0.416 e. The highest BCUT2D eigenvalue weighted by molar-refractivity contribution is 5.85. The third-order valence-electron chi connectivity index (χ3n) is 7.66. The second-order valence-corrected chi connectivity index (χ2v) is 9.91. The van der Waals surface area contributed by atoms with Crippen molar-refractivity contribution >= 4 is 5.91 Å². The Hall–Kier alpha value is -3.51. The van der Waals surface area contributed by atoms with Crippen LogP contribution in [-0.4, -0.2) is 68.9 Å². The predicted octanol–water partition coefficient (Wildman–Crippen LogP) is 3.55. The number of H-pyrrole nitrogens is 1. The number of alkyl halides is 3. The quantitative estimate of drug-likeness (QED) is 0.480. The van der Waals surface area contributed by atoms with Gasteiger partial charge in [0.15, 0.2) is 0 Å². The Bertz CT molecular complexity index is 1250. The van der Waals surface area contributed by atoms with Crippen molar-refractivity contribution in [1.82, 2.24) is 25.5 Å². The highest BCUT2D eigenvalue weighted by Gasteiger charge is 2.50. The van der Waals surface area contributed by atoms with E-state index < -0.39 is 23.2 Å². The van der Waals surface area contributed by atoms with Crippen LogP contribution in [0.25, 0.3) is 11.4 Å². The molecule has 5 rings (SSSR count). The number of likely N-dealkylation sites (tertiary alicyclic amines) is 1. The number of hydrogen-bond donors (Lipinski definition) is 2. The van der Waals surface area contributed by atoms with E-state index in [1.807, 2.05) is 29.2 Å².